The molecule has 152 valence electrons. The van der Waals surface area contributed by atoms with E-state index in [2.05, 4.69) is 21.7 Å². The minimum absolute atomic E-state index is 0.0928. The molecule has 1 aromatic heterocycles. The van der Waals surface area contributed by atoms with Crippen molar-refractivity contribution in [2.24, 2.45) is 11.8 Å². The third-order valence-corrected chi connectivity index (χ3v) is 5.24. The van der Waals surface area contributed by atoms with E-state index in [9.17, 15) is 9.59 Å². The molecule has 3 atom stereocenters. The van der Waals surface area contributed by atoms with E-state index in [0.29, 0.717) is 31.6 Å². The van der Waals surface area contributed by atoms with Gasteiger partial charge in [0.05, 0.1) is 54.8 Å². The van der Waals surface area contributed by atoms with Crippen molar-refractivity contribution in [3.8, 4) is 6.07 Å². The summed E-state index contributed by atoms with van der Waals surface area (Å²) in [5.74, 6) is -0.972. The van der Waals surface area contributed by atoms with Crippen LogP contribution in [-0.4, -0.2) is 41.6 Å². The molecule has 1 amide bonds. The first kappa shape index (κ1) is 20.6. The Morgan fingerprint density at radius 2 is 2.07 bits per heavy atom. The van der Waals surface area contributed by atoms with Gasteiger partial charge in [-0.1, -0.05) is 12.1 Å². The number of rotatable bonds is 6. The fourth-order valence-corrected chi connectivity index (χ4v) is 3.60. The Morgan fingerprint density at radius 3 is 2.76 bits per heavy atom. The second kappa shape index (κ2) is 9.34. The monoisotopic (exact) mass is 395 g/mol. The van der Waals surface area contributed by atoms with E-state index in [-0.39, 0.29) is 29.8 Å². The molecule has 8 nitrogen and oxygen atoms in total. The van der Waals surface area contributed by atoms with E-state index in [1.54, 1.807) is 24.7 Å². The number of hydrogen-bond acceptors (Lipinski definition) is 6. The van der Waals surface area contributed by atoms with E-state index >= 15 is 0 Å². The zero-order chi connectivity index (χ0) is 20.8. The van der Waals surface area contributed by atoms with Gasteiger partial charge < -0.3 is 19.9 Å². The van der Waals surface area contributed by atoms with Crippen LogP contribution in [0.15, 0.2) is 36.8 Å². The van der Waals surface area contributed by atoms with Crippen LogP contribution < -0.4 is 10.6 Å². The lowest BCUT2D eigenvalue weighted by Gasteiger charge is -2.28. The summed E-state index contributed by atoms with van der Waals surface area (Å²) < 4.78 is 6.78. The van der Waals surface area contributed by atoms with Crippen LogP contribution in [0.25, 0.3) is 0 Å². The lowest BCUT2D eigenvalue weighted by Crippen LogP contribution is -2.46. The van der Waals surface area contributed by atoms with Crippen LogP contribution in [0.2, 0.25) is 0 Å². The second-order valence-corrected chi connectivity index (χ2v) is 7.30. The topological polar surface area (TPSA) is 109 Å². The van der Waals surface area contributed by atoms with Crippen LogP contribution in [0.1, 0.15) is 36.2 Å². The molecular formula is C21H25N5O3. The SMILES string of the molecule is COC(=O)[C@H]1CNC[C@@H](C(=O)NC(C)c2cncn2Cc2ccc(C#N)cc2)C1. The Kier molecular flexibility index (Phi) is 6.62. The highest BCUT2D eigenvalue weighted by Crippen LogP contribution is 2.20. The zero-order valence-electron chi connectivity index (χ0n) is 16.6. The van der Waals surface area contributed by atoms with E-state index in [1.807, 2.05) is 23.6 Å². The lowest BCUT2D eigenvalue weighted by molar-refractivity contribution is -0.147. The van der Waals surface area contributed by atoms with Gasteiger partial charge >= 0.3 is 5.97 Å². The molecule has 0 saturated carbocycles. The molecule has 1 aliphatic rings. The maximum Gasteiger partial charge on any atom is 0.309 e. The van der Waals surface area contributed by atoms with Crippen LogP contribution in [0.4, 0.5) is 0 Å². The van der Waals surface area contributed by atoms with Gasteiger partial charge in [-0.3, -0.25) is 9.59 Å². The van der Waals surface area contributed by atoms with Crippen LogP contribution in [0, 0.1) is 23.2 Å². The van der Waals surface area contributed by atoms with Gasteiger partial charge in [-0.05, 0) is 31.0 Å². The van der Waals surface area contributed by atoms with Gasteiger partial charge in [0, 0.05) is 19.6 Å². The van der Waals surface area contributed by atoms with E-state index < -0.39 is 0 Å². The van der Waals surface area contributed by atoms with Crippen LogP contribution in [-0.2, 0) is 20.9 Å². The van der Waals surface area contributed by atoms with Crippen LogP contribution in [0.5, 0.6) is 0 Å². The van der Waals surface area contributed by atoms with E-state index in [4.69, 9.17) is 10.00 Å². The third kappa shape index (κ3) is 5.00. The summed E-state index contributed by atoms with van der Waals surface area (Å²) in [6.45, 7) is 3.58. The summed E-state index contributed by atoms with van der Waals surface area (Å²) in [4.78, 5) is 28.7. The van der Waals surface area contributed by atoms with Gasteiger partial charge in [0.2, 0.25) is 5.91 Å². The number of piperidine rings is 1. The number of nitriles is 1. The molecule has 29 heavy (non-hydrogen) atoms. The minimum atomic E-state index is -0.304. The fraction of sp³-hybridized carbons (Fsp3) is 0.429. The van der Waals surface area contributed by atoms with Crippen molar-refractivity contribution in [1.29, 1.82) is 5.26 Å². The molecule has 8 heteroatoms. The maximum atomic E-state index is 12.7. The lowest BCUT2D eigenvalue weighted by atomic mass is 9.89. The highest BCUT2D eigenvalue weighted by atomic mass is 16.5. The first-order chi connectivity index (χ1) is 14.0. The quantitative estimate of drug-likeness (QED) is 0.715. The smallest absolute Gasteiger partial charge is 0.309 e. The Morgan fingerprint density at radius 1 is 1.34 bits per heavy atom. The Balaban J connectivity index is 1.63. The average Bonchev–Trinajstić information content (AvgIpc) is 3.22. The predicted molar refractivity (Wildman–Crippen MR) is 106 cm³/mol. The highest BCUT2D eigenvalue weighted by molar-refractivity contribution is 5.81. The molecule has 3 rings (SSSR count). The predicted octanol–water partition coefficient (Wildman–Crippen LogP) is 1.38. The van der Waals surface area contributed by atoms with Crippen molar-refractivity contribution in [3.05, 3.63) is 53.6 Å². The maximum absolute atomic E-state index is 12.7. The number of carbonyl (C=O) groups excluding carboxylic acids is 2. The Bertz CT molecular complexity index is 900. The molecule has 2 heterocycles. The summed E-state index contributed by atoms with van der Waals surface area (Å²) in [7, 11) is 1.36. The number of esters is 1. The molecule has 1 aromatic carbocycles. The first-order valence-electron chi connectivity index (χ1n) is 9.59. The molecule has 1 aliphatic heterocycles. The molecule has 2 N–H and O–H groups in total. The molecule has 1 saturated heterocycles. The van der Waals surface area contributed by atoms with Crippen LogP contribution in [0.3, 0.4) is 0 Å². The fourth-order valence-electron chi connectivity index (χ4n) is 3.60. The van der Waals surface area contributed by atoms with Gasteiger partial charge in [0.25, 0.3) is 0 Å². The van der Waals surface area contributed by atoms with E-state index in [1.165, 1.54) is 7.11 Å². The Hall–Kier alpha value is -3.18. The van der Waals surface area contributed by atoms with Crippen molar-refractivity contribution >= 4 is 11.9 Å². The number of nitrogens with zero attached hydrogens (tertiary/aromatic N) is 3. The number of hydrogen-bond donors (Lipinski definition) is 2. The molecule has 1 unspecified atom stereocenters. The highest BCUT2D eigenvalue weighted by Gasteiger charge is 2.32. The number of ether oxygens (including phenoxy) is 1. The summed E-state index contributed by atoms with van der Waals surface area (Å²) in [6, 6.07) is 9.26. The molecule has 0 spiro atoms. The Labute approximate surface area is 169 Å². The number of methoxy groups -OCH3 is 1. The number of amides is 1. The van der Waals surface area contributed by atoms with Crippen LogP contribution >= 0.6 is 0 Å². The average molecular weight is 395 g/mol. The summed E-state index contributed by atoms with van der Waals surface area (Å²) >= 11 is 0. The number of nitrogens with one attached hydrogen (secondary N) is 2. The number of imidazole rings is 1. The van der Waals surface area contributed by atoms with Gasteiger partial charge in [0.1, 0.15) is 0 Å². The molecule has 1 fully saturated rings. The normalized spacial score (nSPS) is 19.8. The van der Waals surface area contributed by atoms with Crippen molar-refractivity contribution in [1.82, 2.24) is 20.2 Å². The molecule has 0 radical (unpaired) electrons. The molecule has 0 bridgehead atoms. The summed E-state index contributed by atoms with van der Waals surface area (Å²) in [5, 5.41) is 15.1. The van der Waals surface area contributed by atoms with Crippen molar-refractivity contribution in [3.63, 3.8) is 0 Å². The van der Waals surface area contributed by atoms with Gasteiger partial charge in [-0.25, -0.2) is 4.98 Å². The van der Waals surface area contributed by atoms with Crippen molar-refractivity contribution in [2.75, 3.05) is 20.2 Å². The number of aromatic nitrogens is 2. The van der Waals surface area contributed by atoms with E-state index in [0.717, 1.165) is 11.3 Å². The van der Waals surface area contributed by atoms with Crippen molar-refractivity contribution < 1.29 is 14.3 Å². The molecule has 2 aromatic rings. The zero-order valence-corrected chi connectivity index (χ0v) is 16.6. The van der Waals surface area contributed by atoms with Gasteiger partial charge in [-0.2, -0.15) is 5.26 Å². The number of benzene rings is 1. The standard InChI is InChI=1S/C21H25N5O3/c1-14(25-20(27)17-7-18(10-23-9-17)21(28)29-2)19-11-24-13-26(19)12-16-5-3-15(8-22)4-6-16/h3-6,11,13-14,17-18,23H,7,9-10,12H2,1-2H3,(H,25,27)/t14?,17-,18+/m0/s1. The first-order valence-corrected chi connectivity index (χ1v) is 9.59. The molecule has 0 aliphatic carbocycles. The second-order valence-electron chi connectivity index (χ2n) is 7.30. The van der Waals surface area contributed by atoms with Gasteiger partial charge in [0.15, 0.2) is 0 Å². The number of carbonyl (C=O) groups is 2. The summed E-state index contributed by atoms with van der Waals surface area (Å²) in [5.41, 5.74) is 2.54. The van der Waals surface area contributed by atoms with Gasteiger partial charge in [-0.15, -0.1) is 0 Å². The van der Waals surface area contributed by atoms with Crippen molar-refractivity contribution in [2.45, 2.75) is 25.9 Å². The third-order valence-electron chi connectivity index (χ3n) is 5.24. The molecular weight excluding hydrogens is 370 g/mol. The minimum Gasteiger partial charge on any atom is -0.469 e. The summed E-state index contributed by atoms with van der Waals surface area (Å²) in [6.07, 6.45) is 3.94. The largest absolute Gasteiger partial charge is 0.469 e.